The third-order valence-corrected chi connectivity index (χ3v) is 3.19. The molecule has 0 aliphatic heterocycles. The molecular weight excluding hydrogens is 276 g/mol. The number of phenolic OH excluding ortho intramolecular Hbond substituents is 1. The van der Waals surface area contributed by atoms with Crippen molar-refractivity contribution in [1.29, 1.82) is 0 Å². The van der Waals surface area contributed by atoms with Gasteiger partial charge in [0.2, 0.25) is 0 Å². The maximum atomic E-state index is 9.50. The summed E-state index contributed by atoms with van der Waals surface area (Å²) in [6.07, 6.45) is 1.63. The molecule has 0 atom stereocenters. The molecular formula is C15H15ClN2O2. The first-order valence-electron chi connectivity index (χ1n) is 6.02. The van der Waals surface area contributed by atoms with Gasteiger partial charge in [0.25, 0.3) is 0 Å². The van der Waals surface area contributed by atoms with Crippen LogP contribution in [0, 0.1) is 6.92 Å². The Kier molecular flexibility index (Phi) is 4.48. The molecule has 0 saturated heterocycles. The van der Waals surface area contributed by atoms with Crippen molar-refractivity contribution in [2.24, 2.45) is 5.10 Å². The summed E-state index contributed by atoms with van der Waals surface area (Å²) < 4.78 is 5.03. The number of ether oxygens (including phenoxy) is 1. The summed E-state index contributed by atoms with van der Waals surface area (Å²) in [5.41, 5.74) is 5.53. The average Bonchev–Trinajstić information content (AvgIpc) is 2.44. The summed E-state index contributed by atoms with van der Waals surface area (Å²) in [6.45, 7) is 1.94. The molecule has 0 fully saturated rings. The molecule has 2 aromatic carbocycles. The molecule has 20 heavy (non-hydrogen) atoms. The molecule has 0 aromatic heterocycles. The molecule has 104 valence electrons. The van der Waals surface area contributed by atoms with E-state index in [2.05, 4.69) is 10.5 Å². The maximum absolute atomic E-state index is 9.50. The van der Waals surface area contributed by atoms with Crippen LogP contribution in [0.5, 0.6) is 11.5 Å². The van der Waals surface area contributed by atoms with E-state index in [-0.39, 0.29) is 5.75 Å². The SMILES string of the molecule is COc1cc(/C=N/Nc2ccc(C)c(Cl)c2)ccc1O. The van der Waals surface area contributed by atoms with Crippen LogP contribution in [0.2, 0.25) is 5.02 Å². The number of anilines is 1. The Morgan fingerprint density at radius 2 is 2.05 bits per heavy atom. The first-order valence-corrected chi connectivity index (χ1v) is 6.40. The molecule has 0 heterocycles. The van der Waals surface area contributed by atoms with Crippen molar-refractivity contribution in [3.05, 3.63) is 52.5 Å². The van der Waals surface area contributed by atoms with E-state index in [0.717, 1.165) is 16.8 Å². The Morgan fingerprint density at radius 1 is 1.25 bits per heavy atom. The Hall–Kier alpha value is -2.20. The van der Waals surface area contributed by atoms with Crippen LogP contribution >= 0.6 is 11.6 Å². The number of hydrogen-bond donors (Lipinski definition) is 2. The first-order chi connectivity index (χ1) is 9.60. The number of nitrogens with one attached hydrogen (secondary N) is 1. The standard InChI is InChI=1S/C15H15ClN2O2/c1-10-3-5-12(8-13(10)16)18-17-9-11-4-6-14(19)15(7-11)20-2/h3-9,18-19H,1-2H3/b17-9+. The number of nitrogens with zero attached hydrogens (tertiary/aromatic N) is 1. The zero-order valence-electron chi connectivity index (χ0n) is 11.2. The first kappa shape index (κ1) is 14.2. The van der Waals surface area contributed by atoms with Crippen molar-refractivity contribution < 1.29 is 9.84 Å². The highest BCUT2D eigenvalue weighted by Gasteiger charge is 2.01. The molecule has 2 N–H and O–H groups in total. The molecule has 2 rings (SSSR count). The fraction of sp³-hybridized carbons (Fsp3) is 0.133. The molecule has 4 nitrogen and oxygen atoms in total. The van der Waals surface area contributed by atoms with E-state index in [9.17, 15) is 5.11 Å². The molecule has 0 saturated carbocycles. The Labute approximate surface area is 122 Å². The minimum absolute atomic E-state index is 0.0999. The van der Waals surface area contributed by atoms with Gasteiger partial charge >= 0.3 is 0 Å². The molecule has 0 aliphatic carbocycles. The van der Waals surface area contributed by atoms with Crippen molar-refractivity contribution in [2.75, 3.05) is 12.5 Å². The van der Waals surface area contributed by atoms with Gasteiger partial charge in [0.1, 0.15) is 0 Å². The van der Waals surface area contributed by atoms with E-state index in [1.165, 1.54) is 7.11 Å². The van der Waals surface area contributed by atoms with E-state index < -0.39 is 0 Å². The van der Waals surface area contributed by atoms with Crippen LogP contribution in [0.4, 0.5) is 5.69 Å². The predicted octanol–water partition coefficient (Wildman–Crippen LogP) is 3.81. The van der Waals surface area contributed by atoms with E-state index >= 15 is 0 Å². The van der Waals surface area contributed by atoms with Crippen molar-refractivity contribution in [3.63, 3.8) is 0 Å². The fourth-order valence-electron chi connectivity index (χ4n) is 1.62. The zero-order chi connectivity index (χ0) is 14.5. The maximum Gasteiger partial charge on any atom is 0.161 e. The fourth-order valence-corrected chi connectivity index (χ4v) is 1.80. The van der Waals surface area contributed by atoms with E-state index in [4.69, 9.17) is 16.3 Å². The van der Waals surface area contributed by atoms with Crippen molar-refractivity contribution in [1.82, 2.24) is 0 Å². The van der Waals surface area contributed by atoms with Gasteiger partial charge in [-0.3, -0.25) is 5.43 Å². The molecule has 0 aliphatic rings. The lowest BCUT2D eigenvalue weighted by Gasteiger charge is -2.04. The van der Waals surface area contributed by atoms with E-state index in [0.29, 0.717) is 10.8 Å². The van der Waals surface area contributed by atoms with Crippen LogP contribution in [0.1, 0.15) is 11.1 Å². The summed E-state index contributed by atoms with van der Waals surface area (Å²) in [4.78, 5) is 0. The normalized spacial score (nSPS) is 10.8. The largest absolute Gasteiger partial charge is 0.504 e. The number of aromatic hydroxyl groups is 1. The van der Waals surface area contributed by atoms with Crippen LogP contribution in [0.15, 0.2) is 41.5 Å². The minimum Gasteiger partial charge on any atom is -0.504 e. The van der Waals surface area contributed by atoms with Crippen LogP contribution < -0.4 is 10.2 Å². The van der Waals surface area contributed by atoms with Crippen LogP contribution in [0.3, 0.4) is 0 Å². The zero-order valence-corrected chi connectivity index (χ0v) is 12.0. The summed E-state index contributed by atoms with van der Waals surface area (Å²) in [5.74, 6) is 0.509. The molecule has 0 bridgehead atoms. The van der Waals surface area contributed by atoms with Crippen molar-refractivity contribution in [2.45, 2.75) is 6.92 Å². The number of benzene rings is 2. The van der Waals surface area contributed by atoms with Crippen LogP contribution in [-0.4, -0.2) is 18.4 Å². The monoisotopic (exact) mass is 290 g/mol. The summed E-state index contributed by atoms with van der Waals surface area (Å²) in [7, 11) is 1.50. The highest BCUT2D eigenvalue weighted by Crippen LogP contribution is 2.25. The van der Waals surface area contributed by atoms with Gasteiger partial charge in [-0.15, -0.1) is 0 Å². The number of phenols is 1. The molecule has 0 spiro atoms. The molecule has 2 aromatic rings. The van der Waals surface area contributed by atoms with Crippen molar-refractivity contribution in [3.8, 4) is 11.5 Å². The topological polar surface area (TPSA) is 53.8 Å². The third-order valence-electron chi connectivity index (χ3n) is 2.78. The average molecular weight is 291 g/mol. The highest BCUT2D eigenvalue weighted by molar-refractivity contribution is 6.31. The number of rotatable bonds is 4. The predicted molar refractivity (Wildman–Crippen MR) is 82.1 cm³/mol. The Bertz CT molecular complexity index is 642. The second-order valence-electron chi connectivity index (χ2n) is 4.27. The Morgan fingerprint density at radius 3 is 2.75 bits per heavy atom. The van der Waals surface area contributed by atoms with Gasteiger partial charge in [0.05, 0.1) is 19.0 Å². The second kappa shape index (κ2) is 6.30. The lowest BCUT2D eigenvalue weighted by atomic mass is 10.2. The lowest BCUT2D eigenvalue weighted by Crippen LogP contribution is -1.92. The van der Waals surface area contributed by atoms with Gasteiger partial charge in [0.15, 0.2) is 11.5 Å². The Balaban J connectivity index is 2.08. The van der Waals surface area contributed by atoms with Gasteiger partial charge in [0, 0.05) is 5.02 Å². The number of hydrogen-bond acceptors (Lipinski definition) is 4. The number of aryl methyl sites for hydroxylation is 1. The van der Waals surface area contributed by atoms with Gasteiger partial charge in [-0.25, -0.2) is 0 Å². The third kappa shape index (κ3) is 3.42. The number of methoxy groups -OCH3 is 1. The minimum atomic E-state index is 0.0999. The van der Waals surface area contributed by atoms with Gasteiger partial charge in [-0.05, 0) is 48.4 Å². The summed E-state index contributed by atoms with van der Waals surface area (Å²) >= 11 is 6.03. The number of hydrazone groups is 1. The second-order valence-corrected chi connectivity index (χ2v) is 4.67. The van der Waals surface area contributed by atoms with Gasteiger partial charge in [-0.1, -0.05) is 17.7 Å². The molecule has 0 radical (unpaired) electrons. The van der Waals surface area contributed by atoms with Gasteiger partial charge < -0.3 is 9.84 Å². The molecule has 5 heteroatoms. The molecule has 0 unspecified atom stereocenters. The van der Waals surface area contributed by atoms with Crippen LogP contribution in [0.25, 0.3) is 0 Å². The van der Waals surface area contributed by atoms with E-state index in [1.54, 1.807) is 24.4 Å². The van der Waals surface area contributed by atoms with Crippen molar-refractivity contribution >= 4 is 23.5 Å². The summed E-state index contributed by atoms with van der Waals surface area (Å²) in [5, 5.41) is 14.3. The quantitative estimate of drug-likeness (QED) is 0.665. The summed E-state index contributed by atoms with van der Waals surface area (Å²) in [6, 6.07) is 10.6. The van der Waals surface area contributed by atoms with E-state index in [1.807, 2.05) is 25.1 Å². The lowest BCUT2D eigenvalue weighted by molar-refractivity contribution is 0.373. The highest BCUT2D eigenvalue weighted by atomic mass is 35.5. The van der Waals surface area contributed by atoms with Gasteiger partial charge in [-0.2, -0.15) is 5.10 Å². The number of halogens is 1. The van der Waals surface area contributed by atoms with Crippen LogP contribution in [-0.2, 0) is 0 Å². The smallest absolute Gasteiger partial charge is 0.161 e. The molecule has 0 amide bonds.